The fraction of sp³-hybridized carbons (Fsp3) is 0.923. The lowest BCUT2D eigenvalue weighted by atomic mass is 10.1. The summed E-state index contributed by atoms with van der Waals surface area (Å²) in [6.07, 6.45) is 5.19. The van der Waals surface area contributed by atoms with E-state index >= 15 is 0 Å². The molecule has 1 N–H and O–H groups in total. The molecule has 0 amide bonds. The van der Waals surface area contributed by atoms with Gasteiger partial charge in [0.2, 0.25) is 0 Å². The third-order valence-electron chi connectivity index (χ3n) is 3.48. The summed E-state index contributed by atoms with van der Waals surface area (Å²) in [7, 11) is 0. The molecule has 0 bridgehead atoms. The van der Waals surface area contributed by atoms with Crippen LogP contribution in [0.3, 0.4) is 0 Å². The van der Waals surface area contributed by atoms with E-state index in [9.17, 15) is 0 Å². The van der Waals surface area contributed by atoms with Gasteiger partial charge in [-0.25, -0.2) is 0 Å². The molecule has 0 aromatic carbocycles. The quantitative estimate of drug-likeness (QED) is 0.752. The molecule has 2 aliphatic rings. The molecule has 2 fully saturated rings. The fourth-order valence-corrected chi connectivity index (χ4v) is 2.47. The Kier molecular flexibility index (Phi) is 4.78. The van der Waals surface area contributed by atoms with Gasteiger partial charge in [0.1, 0.15) is 6.04 Å². The highest BCUT2D eigenvalue weighted by Crippen LogP contribution is 2.20. The smallest absolute Gasteiger partial charge is 0.108 e. The molecule has 1 saturated carbocycles. The Labute approximate surface area is 104 Å². The molecule has 1 aliphatic carbocycles. The summed E-state index contributed by atoms with van der Waals surface area (Å²) in [5.74, 6) is 0. The summed E-state index contributed by atoms with van der Waals surface area (Å²) < 4.78 is 5.68. The zero-order chi connectivity index (χ0) is 12.1. The lowest BCUT2D eigenvalue weighted by molar-refractivity contribution is 0.00487. The number of rotatable bonds is 6. The van der Waals surface area contributed by atoms with Crippen molar-refractivity contribution in [1.29, 1.82) is 5.26 Å². The van der Waals surface area contributed by atoms with E-state index in [0.29, 0.717) is 12.1 Å². The molecule has 4 nitrogen and oxygen atoms in total. The number of likely N-dealkylation sites (tertiary alicyclic amines) is 1. The van der Waals surface area contributed by atoms with Gasteiger partial charge in [0.05, 0.1) is 12.2 Å². The van der Waals surface area contributed by atoms with E-state index in [2.05, 4.69) is 16.3 Å². The highest BCUT2D eigenvalue weighted by atomic mass is 16.5. The Morgan fingerprint density at radius 1 is 1.47 bits per heavy atom. The largest absolute Gasteiger partial charge is 0.377 e. The minimum Gasteiger partial charge on any atom is -0.377 e. The first-order valence-corrected chi connectivity index (χ1v) is 6.81. The van der Waals surface area contributed by atoms with Gasteiger partial charge in [-0.05, 0) is 39.2 Å². The number of hydrogen-bond acceptors (Lipinski definition) is 4. The number of nitriles is 1. The fourth-order valence-electron chi connectivity index (χ4n) is 2.47. The van der Waals surface area contributed by atoms with Gasteiger partial charge in [-0.2, -0.15) is 5.26 Å². The monoisotopic (exact) mass is 237 g/mol. The van der Waals surface area contributed by atoms with Gasteiger partial charge in [-0.3, -0.25) is 10.2 Å². The van der Waals surface area contributed by atoms with E-state index in [4.69, 9.17) is 10.00 Å². The van der Waals surface area contributed by atoms with Crippen molar-refractivity contribution in [3.63, 3.8) is 0 Å². The van der Waals surface area contributed by atoms with E-state index in [1.807, 2.05) is 6.92 Å². The minimum absolute atomic E-state index is 0.0112. The Morgan fingerprint density at radius 3 is 2.94 bits per heavy atom. The maximum Gasteiger partial charge on any atom is 0.108 e. The average Bonchev–Trinajstić information content (AvgIpc) is 3.13. The number of ether oxygens (including phenoxy) is 1. The van der Waals surface area contributed by atoms with Crippen molar-refractivity contribution in [3.8, 4) is 6.07 Å². The topological polar surface area (TPSA) is 48.3 Å². The van der Waals surface area contributed by atoms with Crippen LogP contribution in [0.1, 0.15) is 32.6 Å². The third kappa shape index (κ3) is 4.27. The predicted molar refractivity (Wildman–Crippen MR) is 66.6 cm³/mol. The Morgan fingerprint density at radius 2 is 2.29 bits per heavy atom. The third-order valence-corrected chi connectivity index (χ3v) is 3.48. The van der Waals surface area contributed by atoms with E-state index in [1.165, 1.54) is 19.3 Å². The first-order chi connectivity index (χ1) is 8.31. The molecular weight excluding hydrogens is 214 g/mol. The van der Waals surface area contributed by atoms with Gasteiger partial charge >= 0.3 is 0 Å². The highest BCUT2D eigenvalue weighted by molar-refractivity contribution is 4.98. The summed E-state index contributed by atoms with van der Waals surface area (Å²) in [6.45, 7) is 5.77. The Bertz CT molecular complexity index is 270. The van der Waals surface area contributed by atoms with E-state index in [0.717, 1.165) is 32.7 Å². The van der Waals surface area contributed by atoms with Crippen LogP contribution in [0, 0.1) is 11.3 Å². The van der Waals surface area contributed by atoms with Crippen molar-refractivity contribution in [1.82, 2.24) is 10.2 Å². The SMILES string of the molecule is CCOC1CCCN(CC(C#N)NC2CC2)C1. The maximum atomic E-state index is 9.13. The van der Waals surface area contributed by atoms with Crippen molar-refractivity contribution in [2.75, 3.05) is 26.2 Å². The predicted octanol–water partition coefficient (Wildman–Crippen LogP) is 1.13. The molecular formula is C13H23N3O. The molecule has 1 saturated heterocycles. The molecule has 17 heavy (non-hydrogen) atoms. The van der Waals surface area contributed by atoms with Crippen LogP contribution in [0.5, 0.6) is 0 Å². The van der Waals surface area contributed by atoms with Crippen molar-refractivity contribution >= 4 is 0 Å². The molecule has 1 aliphatic heterocycles. The van der Waals surface area contributed by atoms with Crippen LogP contribution in [0.4, 0.5) is 0 Å². The van der Waals surface area contributed by atoms with Gasteiger partial charge in [0.15, 0.2) is 0 Å². The van der Waals surface area contributed by atoms with E-state index in [-0.39, 0.29) is 6.04 Å². The molecule has 96 valence electrons. The molecule has 0 aromatic heterocycles. The summed E-state index contributed by atoms with van der Waals surface area (Å²) >= 11 is 0. The van der Waals surface area contributed by atoms with Crippen molar-refractivity contribution < 1.29 is 4.74 Å². The van der Waals surface area contributed by atoms with Crippen LogP contribution in [0.25, 0.3) is 0 Å². The van der Waals surface area contributed by atoms with Gasteiger partial charge < -0.3 is 4.74 Å². The molecule has 2 atom stereocenters. The van der Waals surface area contributed by atoms with Gasteiger partial charge in [0.25, 0.3) is 0 Å². The van der Waals surface area contributed by atoms with Crippen LogP contribution in [-0.4, -0.2) is 49.3 Å². The molecule has 0 spiro atoms. The summed E-state index contributed by atoms with van der Waals surface area (Å²) in [5, 5.41) is 12.5. The lowest BCUT2D eigenvalue weighted by Crippen LogP contribution is -2.47. The van der Waals surface area contributed by atoms with Crippen LogP contribution in [-0.2, 0) is 4.74 Å². The van der Waals surface area contributed by atoms with Gasteiger partial charge in [-0.15, -0.1) is 0 Å². The average molecular weight is 237 g/mol. The van der Waals surface area contributed by atoms with Crippen LogP contribution < -0.4 is 5.32 Å². The molecule has 4 heteroatoms. The summed E-state index contributed by atoms with van der Waals surface area (Å²) in [6, 6.07) is 2.97. The second-order valence-electron chi connectivity index (χ2n) is 5.10. The highest BCUT2D eigenvalue weighted by Gasteiger charge is 2.27. The Hall–Kier alpha value is -0.630. The second kappa shape index (κ2) is 6.34. The number of piperidine rings is 1. The number of hydrogen-bond donors (Lipinski definition) is 1. The van der Waals surface area contributed by atoms with E-state index in [1.54, 1.807) is 0 Å². The molecule has 1 heterocycles. The number of nitrogens with one attached hydrogen (secondary N) is 1. The standard InChI is InChI=1S/C13H23N3O/c1-2-17-13-4-3-7-16(10-13)9-12(8-14)15-11-5-6-11/h11-13,15H,2-7,9-10H2,1H3. The van der Waals surface area contributed by atoms with Gasteiger partial charge in [0, 0.05) is 25.7 Å². The molecule has 2 rings (SSSR count). The van der Waals surface area contributed by atoms with Crippen LogP contribution >= 0.6 is 0 Å². The van der Waals surface area contributed by atoms with Crippen molar-refractivity contribution in [2.45, 2.75) is 50.8 Å². The lowest BCUT2D eigenvalue weighted by Gasteiger charge is -2.33. The normalized spacial score (nSPS) is 27.6. The summed E-state index contributed by atoms with van der Waals surface area (Å²) in [4.78, 5) is 2.37. The van der Waals surface area contributed by atoms with Crippen molar-refractivity contribution in [2.24, 2.45) is 0 Å². The van der Waals surface area contributed by atoms with Crippen molar-refractivity contribution in [3.05, 3.63) is 0 Å². The van der Waals surface area contributed by atoms with Crippen LogP contribution in [0.2, 0.25) is 0 Å². The zero-order valence-corrected chi connectivity index (χ0v) is 10.7. The molecule has 0 aromatic rings. The maximum absolute atomic E-state index is 9.13. The Balaban J connectivity index is 1.74. The zero-order valence-electron chi connectivity index (χ0n) is 10.7. The van der Waals surface area contributed by atoms with Gasteiger partial charge in [-0.1, -0.05) is 0 Å². The number of nitrogens with zero attached hydrogens (tertiary/aromatic N) is 2. The van der Waals surface area contributed by atoms with Crippen LogP contribution in [0.15, 0.2) is 0 Å². The minimum atomic E-state index is -0.0112. The van der Waals surface area contributed by atoms with E-state index < -0.39 is 0 Å². The first kappa shape index (κ1) is 12.8. The molecule has 0 radical (unpaired) electrons. The second-order valence-corrected chi connectivity index (χ2v) is 5.10. The summed E-state index contributed by atoms with van der Waals surface area (Å²) in [5.41, 5.74) is 0. The molecule has 2 unspecified atom stereocenters. The first-order valence-electron chi connectivity index (χ1n) is 6.81.